The number of amidine groups is 1. The Labute approximate surface area is 76.4 Å². The molecule has 12 heavy (non-hydrogen) atoms. The van der Waals surface area contributed by atoms with E-state index in [4.69, 9.17) is 17.0 Å². The molecular weight excluding hydrogens is 172 g/mol. The van der Waals surface area contributed by atoms with Crippen molar-refractivity contribution in [1.82, 2.24) is 0 Å². The van der Waals surface area contributed by atoms with Gasteiger partial charge >= 0.3 is 0 Å². The van der Waals surface area contributed by atoms with Gasteiger partial charge in [0.1, 0.15) is 0 Å². The zero-order valence-corrected chi connectivity index (χ0v) is 7.47. The van der Waals surface area contributed by atoms with Crippen molar-refractivity contribution < 1.29 is 0 Å². The number of hydrogen-bond donors (Lipinski definition) is 1. The summed E-state index contributed by atoms with van der Waals surface area (Å²) in [5, 5.41) is 6.77. The Hall–Kier alpha value is -1.15. The third-order valence-electron chi connectivity index (χ3n) is 1.46. The first-order valence-electron chi connectivity index (χ1n) is 3.55. The molecule has 62 valence electrons. The van der Waals surface area contributed by atoms with Crippen LogP contribution >= 0.6 is 11.6 Å². The van der Waals surface area contributed by atoms with Crippen LogP contribution in [-0.4, -0.2) is 11.0 Å². The molecule has 0 fully saturated rings. The second-order valence-corrected chi connectivity index (χ2v) is 2.71. The van der Waals surface area contributed by atoms with Gasteiger partial charge < -0.3 is 0 Å². The van der Waals surface area contributed by atoms with E-state index in [1.165, 1.54) is 0 Å². The Morgan fingerprint density at radius 2 is 1.92 bits per heavy atom. The maximum absolute atomic E-state index is 6.95. The average Bonchev–Trinajstić information content (AvgIpc) is 2.05. The van der Waals surface area contributed by atoms with Gasteiger partial charge in [-0.15, -0.1) is 0 Å². The van der Waals surface area contributed by atoms with E-state index in [1.54, 1.807) is 0 Å². The Bertz CT molecular complexity index is 304. The highest BCUT2D eigenvalue weighted by atomic mass is 35.5. The van der Waals surface area contributed by atoms with Crippen LogP contribution in [0.2, 0.25) is 0 Å². The van der Waals surface area contributed by atoms with E-state index in [9.17, 15) is 0 Å². The first-order valence-corrected chi connectivity index (χ1v) is 3.92. The van der Waals surface area contributed by atoms with Gasteiger partial charge in [-0.2, -0.15) is 0 Å². The van der Waals surface area contributed by atoms with Crippen LogP contribution in [0.15, 0.2) is 35.3 Å². The fourth-order valence-electron chi connectivity index (χ4n) is 0.891. The predicted octanol–water partition coefficient (Wildman–Crippen LogP) is 2.67. The maximum Gasteiger partial charge on any atom is 0.215 e. The highest BCUT2D eigenvalue weighted by molar-refractivity contribution is 6.64. The molecule has 0 aromatic heterocycles. The summed E-state index contributed by atoms with van der Waals surface area (Å²) < 4.78 is 0. The van der Waals surface area contributed by atoms with Crippen LogP contribution in [0.25, 0.3) is 0 Å². The van der Waals surface area contributed by atoms with E-state index in [-0.39, 0.29) is 5.29 Å². The molecule has 0 aliphatic carbocycles. The van der Waals surface area contributed by atoms with E-state index >= 15 is 0 Å². The smallest absolute Gasteiger partial charge is 0.215 e. The van der Waals surface area contributed by atoms with Gasteiger partial charge in [0.05, 0.1) is 0 Å². The number of benzene rings is 1. The lowest BCUT2D eigenvalue weighted by Gasteiger charge is -1.97. The van der Waals surface area contributed by atoms with Crippen molar-refractivity contribution in [3.63, 3.8) is 0 Å². The van der Waals surface area contributed by atoms with Crippen LogP contribution < -0.4 is 0 Å². The van der Waals surface area contributed by atoms with Crippen LogP contribution in [0.5, 0.6) is 0 Å². The van der Waals surface area contributed by atoms with Gasteiger partial charge in [0.2, 0.25) is 5.29 Å². The minimum Gasteiger partial charge on any atom is -0.272 e. The van der Waals surface area contributed by atoms with Gasteiger partial charge in [0.15, 0.2) is 0 Å². The molecule has 0 unspecified atom stereocenters. The molecule has 3 heteroatoms. The van der Waals surface area contributed by atoms with Crippen LogP contribution in [0.1, 0.15) is 12.5 Å². The molecule has 1 aromatic carbocycles. The quantitative estimate of drug-likeness (QED) is 0.392. The number of nitrogens with one attached hydrogen (secondary N) is 1. The average molecular weight is 181 g/mol. The summed E-state index contributed by atoms with van der Waals surface area (Å²) >= 11 is 5.32. The molecule has 0 radical (unpaired) electrons. The van der Waals surface area contributed by atoms with Crippen molar-refractivity contribution >= 4 is 22.6 Å². The second-order valence-electron chi connectivity index (χ2n) is 2.35. The van der Waals surface area contributed by atoms with Gasteiger partial charge in [0, 0.05) is 5.71 Å². The summed E-state index contributed by atoms with van der Waals surface area (Å²) in [6.45, 7) is 1.83. The fourth-order valence-corrected chi connectivity index (χ4v) is 1.02. The number of aliphatic imine (C=N–C) groups is 1. The molecule has 0 spiro atoms. The van der Waals surface area contributed by atoms with Crippen molar-refractivity contribution in [2.24, 2.45) is 4.99 Å². The van der Waals surface area contributed by atoms with Crippen LogP contribution in [-0.2, 0) is 0 Å². The lowest BCUT2D eigenvalue weighted by Crippen LogP contribution is -1.95. The van der Waals surface area contributed by atoms with Gasteiger partial charge in [-0.3, -0.25) is 5.41 Å². The third kappa shape index (κ3) is 2.47. The standard InChI is InChI=1S/C9H9ClN2/c1-7(12-9(10)11)8-5-3-2-4-6-8/h2-6,11H,1H3/b11-9?,12-7+. The van der Waals surface area contributed by atoms with E-state index in [1.807, 2.05) is 37.3 Å². The van der Waals surface area contributed by atoms with E-state index < -0.39 is 0 Å². The zero-order chi connectivity index (χ0) is 8.97. The van der Waals surface area contributed by atoms with Crippen molar-refractivity contribution in [1.29, 1.82) is 5.41 Å². The maximum atomic E-state index is 6.95. The minimum atomic E-state index is -0.184. The highest BCUT2D eigenvalue weighted by Gasteiger charge is 1.95. The number of hydrogen-bond acceptors (Lipinski definition) is 1. The van der Waals surface area contributed by atoms with E-state index in [0.717, 1.165) is 11.3 Å². The Morgan fingerprint density at radius 3 is 2.42 bits per heavy atom. The van der Waals surface area contributed by atoms with Gasteiger partial charge in [-0.05, 0) is 24.1 Å². The van der Waals surface area contributed by atoms with Gasteiger partial charge in [-0.1, -0.05) is 30.3 Å². The monoisotopic (exact) mass is 180 g/mol. The van der Waals surface area contributed by atoms with Crippen LogP contribution in [0.3, 0.4) is 0 Å². The van der Waals surface area contributed by atoms with Crippen molar-refractivity contribution in [2.75, 3.05) is 0 Å². The number of halogens is 1. The van der Waals surface area contributed by atoms with Gasteiger partial charge in [-0.25, -0.2) is 4.99 Å². The molecule has 1 N–H and O–H groups in total. The summed E-state index contributed by atoms with van der Waals surface area (Å²) in [6, 6.07) is 9.64. The molecule has 1 aromatic rings. The van der Waals surface area contributed by atoms with Gasteiger partial charge in [0.25, 0.3) is 0 Å². The summed E-state index contributed by atoms with van der Waals surface area (Å²) in [4.78, 5) is 3.81. The molecule has 0 saturated carbocycles. The molecule has 0 heterocycles. The van der Waals surface area contributed by atoms with Crippen LogP contribution in [0.4, 0.5) is 0 Å². The summed E-state index contributed by atoms with van der Waals surface area (Å²) in [5.74, 6) is 0. The molecule has 0 aliphatic rings. The minimum absolute atomic E-state index is 0.184. The van der Waals surface area contributed by atoms with Crippen molar-refractivity contribution in [3.8, 4) is 0 Å². The normalized spacial score (nSPS) is 11.3. The zero-order valence-electron chi connectivity index (χ0n) is 6.71. The molecule has 2 nitrogen and oxygen atoms in total. The highest BCUT2D eigenvalue weighted by Crippen LogP contribution is 2.01. The van der Waals surface area contributed by atoms with Crippen molar-refractivity contribution in [3.05, 3.63) is 35.9 Å². The summed E-state index contributed by atoms with van der Waals surface area (Å²) in [6.07, 6.45) is 0. The van der Waals surface area contributed by atoms with E-state index in [2.05, 4.69) is 4.99 Å². The predicted molar refractivity (Wildman–Crippen MR) is 52.2 cm³/mol. The third-order valence-corrected chi connectivity index (χ3v) is 1.54. The summed E-state index contributed by atoms with van der Waals surface area (Å²) in [5.41, 5.74) is 1.75. The fraction of sp³-hybridized carbons (Fsp3) is 0.111. The largest absolute Gasteiger partial charge is 0.272 e. The Kier molecular flexibility index (Phi) is 3.00. The molecule has 0 amide bonds. The lowest BCUT2D eigenvalue weighted by atomic mass is 10.1. The first kappa shape index (κ1) is 8.94. The molecule has 1 rings (SSSR count). The van der Waals surface area contributed by atoms with Crippen LogP contribution in [0, 0.1) is 5.41 Å². The number of nitrogens with zero attached hydrogens (tertiary/aromatic N) is 1. The SMILES string of the molecule is C/C(=N\C(=N)Cl)c1ccccc1. The topological polar surface area (TPSA) is 36.2 Å². The first-order chi connectivity index (χ1) is 5.70. The lowest BCUT2D eigenvalue weighted by molar-refractivity contribution is 1.47. The molecule has 0 atom stereocenters. The van der Waals surface area contributed by atoms with E-state index in [0.29, 0.717) is 0 Å². The molecule has 0 aliphatic heterocycles. The Balaban J connectivity index is 2.93. The molecule has 0 bridgehead atoms. The Morgan fingerprint density at radius 1 is 1.33 bits per heavy atom. The molecule has 0 saturated heterocycles. The second kappa shape index (κ2) is 4.02. The molecular formula is C9H9ClN2. The summed E-state index contributed by atoms with van der Waals surface area (Å²) in [7, 11) is 0. The van der Waals surface area contributed by atoms with Crippen molar-refractivity contribution in [2.45, 2.75) is 6.92 Å². The number of rotatable bonds is 1.